The molecule has 0 aromatic heterocycles. The lowest BCUT2D eigenvalue weighted by Gasteiger charge is -2.10. The van der Waals surface area contributed by atoms with Gasteiger partial charge in [-0.05, 0) is 6.08 Å². The Labute approximate surface area is 76.3 Å². The summed E-state index contributed by atoms with van der Waals surface area (Å²) >= 11 is 1.91. The van der Waals surface area contributed by atoms with Gasteiger partial charge in [0.2, 0.25) is 0 Å². The number of alkyl halides is 1. The molecule has 1 atom stereocenters. The summed E-state index contributed by atoms with van der Waals surface area (Å²) in [4.78, 5) is 10.1. The molecular formula is C7H5F2IO. The monoisotopic (exact) mass is 270 g/mol. The molecule has 0 aliphatic heterocycles. The van der Waals surface area contributed by atoms with E-state index in [2.05, 4.69) is 0 Å². The second-order valence-corrected chi connectivity index (χ2v) is 3.77. The van der Waals surface area contributed by atoms with Gasteiger partial charge in [0, 0.05) is 10.3 Å². The Morgan fingerprint density at radius 3 is 2.73 bits per heavy atom. The molecule has 0 aromatic rings. The van der Waals surface area contributed by atoms with Crippen LogP contribution in [-0.2, 0) is 4.79 Å². The number of halogens is 3. The molecule has 0 N–H and O–H groups in total. The van der Waals surface area contributed by atoms with Crippen molar-refractivity contribution >= 4 is 28.9 Å². The van der Waals surface area contributed by atoms with Crippen LogP contribution < -0.4 is 0 Å². The van der Waals surface area contributed by atoms with Gasteiger partial charge in [0.25, 0.3) is 0 Å². The molecule has 0 fully saturated rings. The summed E-state index contributed by atoms with van der Waals surface area (Å²) < 4.78 is 25.2. The highest BCUT2D eigenvalue weighted by molar-refractivity contribution is 14.1. The Morgan fingerprint density at radius 2 is 2.27 bits per heavy atom. The van der Waals surface area contributed by atoms with E-state index in [0.717, 1.165) is 0 Å². The van der Waals surface area contributed by atoms with E-state index in [9.17, 15) is 13.6 Å². The molecule has 1 unspecified atom stereocenters. The lowest BCUT2D eigenvalue weighted by atomic mass is 10.1. The van der Waals surface area contributed by atoms with E-state index in [0.29, 0.717) is 0 Å². The van der Waals surface area contributed by atoms with Crippen LogP contribution >= 0.6 is 22.6 Å². The van der Waals surface area contributed by atoms with Gasteiger partial charge in [-0.25, -0.2) is 8.78 Å². The van der Waals surface area contributed by atoms with E-state index in [1.54, 1.807) is 0 Å². The number of carbonyl (C=O) groups excluding carboxylic acids is 1. The maximum Gasteiger partial charge on any atom is 0.155 e. The van der Waals surface area contributed by atoms with Crippen molar-refractivity contribution in [2.45, 2.75) is 10.3 Å². The van der Waals surface area contributed by atoms with Gasteiger partial charge in [-0.3, -0.25) is 4.79 Å². The van der Waals surface area contributed by atoms with Crippen molar-refractivity contribution in [3.8, 4) is 0 Å². The number of hydrogen-bond acceptors (Lipinski definition) is 1. The number of rotatable bonds is 1. The van der Waals surface area contributed by atoms with Crippen LogP contribution in [0.3, 0.4) is 0 Å². The van der Waals surface area contributed by atoms with Gasteiger partial charge in [-0.2, -0.15) is 0 Å². The van der Waals surface area contributed by atoms with Gasteiger partial charge < -0.3 is 0 Å². The van der Waals surface area contributed by atoms with Crippen molar-refractivity contribution in [3.63, 3.8) is 0 Å². The molecular weight excluding hydrogens is 265 g/mol. The topological polar surface area (TPSA) is 17.1 Å². The van der Waals surface area contributed by atoms with Crippen molar-refractivity contribution < 1.29 is 13.6 Å². The van der Waals surface area contributed by atoms with Crippen LogP contribution in [0.5, 0.6) is 0 Å². The summed E-state index contributed by atoms with van der Waals surface area (Å²) in [6.45, 7) is 0. The van der Waals surface area contributed by atoms with E-state index in [1.165, 1.54) is 6.08 Å². The minimum atomic E-state index is -0.747. The largest absolute Gasteiger partial charge is 0.298 e. The van der Waals surface area contributed by atoms with Crippen LogP contribution in [0, 0.1) is 0 Å². The van der Waals surface area contributed by atoms with Crippen molar-refractivity contribution in [2.75, 3.05) is 0 Å². The number of hydrogen-bond donors (Lipinski definition) is 0. The standard InChI is InChI=1S/C7H5F2IO/c8-6-1-4(10)2-7(9)5(6)3-11/h1,3-4H,2H2. The Bertz CT molecular complexity index is 245. The Kier molecular flexibility index (Phi) is 2.75. The Balaban J connectivity index is 2.99. The van der Waals surface area contributed by atoms with Crippen LogP contribution in [0.1, 0.15) is 6.42 Å². The molecule has 0 amide bonds. The van der Waals surface area contributed by atoms with Gasteiger partial charge in [-0.15, -0.1) is 0 Å². The summed E-state index contributed by atoms with van der Waals surface area (Å²) in [5.41, 5.74) is -0.432. The summed E-state index contributed by atoms with van der Waals surface area (Å²) in [7, 11) is 0. The second-order valence-electron chi connectivity index (χ2n) is 2.17. The van der Waals surface area contributed by atoms with E-state index in [-0.39, 0.29) is 16.6 Å². The van der Waals surface area contributed by atoms with Gasteiger partial charge in [0.1, 0.15) is 11.7 Å². The maximum atomic E-state index is 12.7. The normalized spacial score (nSPS) is 25.0. The molecule has 11 heavy (non-hydrogen) atoms. The molecule has 0 heterocycles. The lowest BCUT2D eigenvalue weighted by Crippen LogP contribution is -2.05. The first kappa shape index (κ1) is 8.83. The minimum absolute atomic E-state index is 0.113. The Hall–Kier alpha value is -0.260. The first-order valence-electron chi connectivity index (χ1n) is 3.00. The van der Waals surface area contributed by atoms with Crippen molar-refractivity contribution in [1.82, 2.24) is 0 Å². The molecule has 0 radical (unpaired) electrons. The molecule has 0 saturated heterocycles. The molecule has 1 nitrogen and oxygen atoms in total. The van der Waals surface area contributed by atoms with Gasteiger partial charge in [-0.1, -0.05) is 22.6 Å². The lowest BCUT2D eigenvalue weighted by molar-refractivity contribution is -0.104. The van der Waals surface area contributed by atoms with E-state index in [1.807, 2.05) is 22.6 Å². The summed E-state index contributed by atoms with van der Waals surface area (Å²) in [5.74, 6) is -1.40. The second kappa shape index (κ2) is 3.42. The fourth-order valence-electron chi connectivity index (χ4n) is 0.838. The van der Waals surface area contributed by atoms with E-state index < -0.39 is 17.2 Å². The third-order valence-corrected chi connectivity index (χ3v) is 2.17. The minimum Gasteiger partial charge on any atom is -0.298 e. The quantitative estimate of drug-likeness (QED) is 0.406. The van der Waals surface area contributed by atoms with Crippen molar-refractivity contribution in [2.24, 2.45) is 0 Å². The maximum absolute atomic E-state index is 12.7. The van der Waals surface area contributed by atoms with Crippen molar-refractivity contribution in [3.05, 3.63) is 23.3 Å². The van der Waals surface area contributed by atoms with Crippen LogP contribution in [0.25, 0.3) is 0 Å². The zero-order chi connectivity index (χ0) is 8.43. The average Bonchev–Trinajstić information content (AvgIpc) is 1.85. The highest BCUT2D eigenvalue weighted by atomic mass is 127. The highest BCUT2D eigenvalue weighted by Crippen LogP contribution is 2.29. The zero-order valence-electron chi connectivity index (χ0n) is 5.48. The smallest absolute Gasteiger partial charge is 0.155 e. The molecule has 4 heteroatoms. The van der Waals surface area contributed by atoms with Crippen LogP contribution in [0.15, 0.2) is 23.3 Å². The van der Waals surface area contributed by atoms with Crippen molar-refractivity contribution in [1.29, 1.82) is 0 Å². The van der Waals surface area contributed by atoms with Gasteiger partial charge in [0.15, 0.2) is 6.29 Å². The predicted octanol–water partition coefficient (Wildman–Crippen LogP) is 2.47. The number of allylic oxidation sites excluding steroid dienone is 4. The SMILES string of the molecule is O=CC1=C(F)CC(I)C=C1F. The number of aldehydes is 1. The first-order valence-corrected chi connectivity index (χ1v) is 4.25. The van der Waals surface area contributed by atoms with Crippen LogP contribution in [-0.4, -0.2) is 10.2 Å². The molecule has 60 valence electrons. The summed E-state index contributed by atoms with van der Waals surface area (Å²) in [6, 6.07) is 0. The first-order chi connectivity index (χ1) is 5.15. The molecule has 0 aromatic carbocycles. The molecule has 1 aliphatic rings. The number of carbonyl (C=O) groups is 1. The average molecular weight is 270 g/mol. The fourth-order valence-corrected chi connectivity index (χ4v) is 1.54. The van der Waals surface area contributed by atoms with E-state index >= 15 is 0 Å². The molecule has 0 bridgehead atoms. The molecule has 1 rings (SSSR count). The third kappa shape index (κ3) is 1.85. The third-order valence-electron chi connectivity index (χ3n) is 1.37. The van der Waals surface area contributed by atoms with Crippen LogP contribution in [0.4, 0.5) is 8.78 Å². The summed E-state index contributed by atoms with van der Waals surface area (Å²) in [5, 5.41) is 0. The zero-order valence-corrected chi connectivity index (χ0v) is 7.64. The molecule has 0 spiro atoms. The highest BCUT2D eigenvalue weighted by Gasteiger charge is 2.20. The van der Waals surface area contributed by atoms with Crippen LogP contribution in [0.2, 0.25) is 0 Å². The predicted molar refractivity (Wildman–Crippen MR) is 45.8 cm³/mol. The Morgan fingerprint density at radius 1 is 1.64 bits per heavy atom. The molecule has 1 aliphatic carbocycles. The van der Waals surface area contributed by atoms with E-state index in [4.69, 9.17) is 0 Å². The fraction of sp³-hybridized carbons (Fsp3) is 0.286. The molecule has 0 saturated carbocycles. The van der Waals surface area contributed by atoms with Gasteiger partial charge >= 0.3 is 0 Å². The van der Waals surface area contributed by atoms with Gasteiger partial charge in [0.05, 0.1) is 5.57 Å². The summed E-state index contributed by atoms with van der Waals surface area (Å²) in [6.07, 6.45) is 1.57.